The van der Waals surface area contributed by atoms with Crippen molar-refractivity contribution in [3.05, 3.63) is 58.6 Å². The summed E-state index contributed by atoms with van der Waals surface area (Å²) in [7, 11) is 1.65. The molecule has 2 aromatic rings. The van der Waals surface area contributed by atoms with Crippen LogP contribution in [0.15, 0.2) is 42.5 Å². The topological polar surface area (TPSA) is 55.9 Å². The van der Waals surface area contributed by atoms with E-state index < -0.39 is 0 Å². The SMILES string of the molecule is Cc1cccc(N2CCN(CC(=O)N(C)CC(=O)Nc3ccccc3Cl)CC2)c1C. The van der Waals surface area contributed by atoms with Gasteiger partial charge in [-0.05, 0) is 43.2 Å². The van der Waals surface area contributed by atoms with E-state index in [1.165, 1.54) is 21.7 Å². The fourth-order valence-corrected chi connectivity index (χ4v) is 3.78. The monoisotopic (exact) mass is 428 g/mol. The number of piperazine rings is 1. The molecule has 1 N–H and O–H groups in total. The van der Waals surface area contributed by atoms with Crippen molar-refractivity contribution in [2.75, 3.05) is 56.5 Å². The van der Waals surface area contributed by atoms with Crippen molar-refractivity contribution in [1.29, 1.82) is 0 Å². The quantitative estimate of drug-likeness (QED) is 0.767. The Kier molecular flexibility index (Phi) is 7.34. The molecule has 0 saturated carbocycles. The Bertz CT molecular complexity index is 910. The van der Waals surface area contributed by atoms with Crippen molar-refractivity contribution in [2.24, 2.45) is 0 Å². The first kappa shape index (κ1) is 22.1. The Morgan fingerprint density at radius 3 is 2.43 bits per heavy atom. The maximum absolute atomic E-state index is 12.6. The number of likely N-dealkylation sites (N-methyl/N-ethyl adjacent to an activating group) is 1. The summed E-state index contributed by atoms with van der Waals surface area (Å²) in [5.74, 6) is -0.330. The van der Waals surface area contributed by atoms with Crippen LogP contribution in [0.3, 0.4) is 0 Å². The number of rotatable bonds is 6. The van der Waals surface area contributed by atoms with Crippen LogP contribution in [0.25, 0.3) is 0 Å². The lowest BCUT2D eigenvalue weighted by Gasteiger charge is -2.37. The number of nitrogens with zero attached hydrogens (tertiary/aromatic N) is 3. The molecule has 0 aromatic heterocycles. The fourth-order valence-electron chi connectivity index (χ4n) is 3.59. The van der Waals surface area contributed by atoms with E-state index in [2.05, 4.69) is 47.2 Å². The number of amides is 2. The minimum Gasteiger partial charge on any atom is -0.369 e. The maximum Gasteiger partial charge on any atom is 0.244 e. The van der Waals surface area contributed by atoms with Crippen molar-refractivity contribution >= 4 is 34.8 Å². The third-order valence-corrected chi connectivity index (χ3v) is 5.93. The molecule has 1 aliphatic rings. The Labute approximate surface area is 183 Å². The van der Waals surface area contributed by atoms with Gasteiger partial charge in [0.1, 0.15) is 0 Å². The average Bonchev–Trinajstić information content (AvgIpc) is 2.72. The second kappa shape index (κ2) is 9.96. The predicted octanol–water partition coefficient (Wildman–Crippen LogP) is 3.18. The van der Waals surface area contributed by atoms with Crippen LogP contribution in [-0.4, -0.2) is 67.9 Å². The van der Waals surface area contributed by atoms with Gasteiger partial charge in [0.25, 0.3) is 0 Å². The van der Waals surface area contributed by atoms with E-state index in [-0.39, 0.29) is 18.4 Å². The van der Waals surface area contributed by atoms with Gasteiger partial charge in [0.2, 0.25) is 11.8 Å². The summed E-state index contributed by atoms with van der Waals surface area (Å²) < 4.78 is 0. The van der Waals surface area contributed by atoms with E-state index in [0.717, 1.165) is 26.2 Å². The van der Waals surface area contributed by atoms with Crippen molar-refractivity contribution in [2.45, 2.75) is 13.8 Å². The van der Waals surface area contributed by atoms with E-state index in [0.29, 0.717) is 17.3 Å². The predicted molar refractivity (Wildman–Crippen MR) is 122 cm³/mol. The van der Waals surface area contributed by atoms with E-state index in [9.17, 15) is 9.59 Å². The van der Waals surface area contributed by atoms with Crippen molar-refractivity contribution in [3.63, 3.8) is 0 Å². The number of aryl methyl sites for hydroxylation is 1. The number of carbonyl (C=O) groups is 2. The minimum absolute atomic E-state index is 0.00743. The molecule has 160 valence electrons. The smallest absolute Gasteiger partial charge is 0.244 e. The lowest BCUT2D eigenvalue weighted by atomic mass is 10.1. The third kappa shape index (κ3) is 5.52. The number of nitrogens with one attached hydrogen (secondary N) is 1. The molecule has 1 aliphatic heterocycles. The molecule has 0 aliphatic carbocycles. The summed E-state index contributed by atoms with van der Waals surface area (Å²) in [6.45, 7) is 8.00. The zero-order valence-electron chi connectivity index (χ0n) is 17.8. The molecule has 7 heteroatoms. The molecule has 2 aromatic carbocycles. The first-order valence-corrected chi connectivity index (χ1v) is 10.5. The van der Waals surface area contributed by atoms with Gasteiger partial charge in [0, 0.05) is 38.9 Å². The fraction of sp³-hybridized carbons (Fsp3) is 0.391. The highest BCUT2D eigenvalue weighted by Crippen LogP contribution is 2.24. The Hall–Kier alpha value is -2.57. The van der Waals surface area contributed by atoms with Gasteiger partial charge in [-0.3, -0.25) is 14.5 Å². The molecular weight excluding hydrogens is 400 g/mol. The van der Waals surface area contributed by atoms with Crippen LogP contribution in [-0.2, 0) is 9.59 Å². The van der Waals surface area contributed by atoms with E-state index >= 15 is 0 Å². The summed E-state index contributed by atoms with van der Waals surface area (Å²) in [5.41, 5.74) is 4.43. The zero-order chi connectivity index (χ0) is 21.7. The summed E-state index contributed by atoms with van der Waals surface area (Å²) in [4.78, 5) is 30.8. The van der Waals surface area contributed by atoms with Crippen LogP contribution in [0, 0.1) is 13.8 Å². The second-order valence-electron chi connectivity index (χ2n) is 7.76. The lowest BCUT2D eigenvalue weighted by Crippen LogP contribution is -2.50. The van der Waals surface area contributed by atoms with E-state index in [1.54, 1.807) is 31.3 Å². The zero-order valence-corrected chi connectivity index (χ0v) is 18.6. The molecular formula is C23H29ClN4O2. The number of hydrogen-bond donors (Lipinski definition) is 1. The van der Waals surface area contributed by atoms with Crippen molar-refractivity contribution < 1.29 is 9.59 Å². The normalized spacial score (nSPS) is 14.5. The number of para-hydroxylation sites is 1. The van der Waals surface area contributed by atoms with E-state index in [4.69, 9.17) is 11.6 Å². The Balaban J connectivity index is 1.46. The first-order chi connectivity index (χ1) is 14.3. The Morgan fingerprint density at radius 2 is 1.73 bits per heavy atom. The van der Waals surface area contributed by atoms with Crippen LogP contribution >= 0.6 is 11.6 Å². The van der Waals surface area contributed by atoms with Crippen LogP contribution in [0.5, 0.6) is 0 Å². The maximum atomic E-state index is 12.6. The molecule has 0 unspecified atom stereocenters. The summed E-state index contributed by atoms with van der Waals surface area (Å²) in [6.07, 6.45) is 0. The average molecular weight is 429 g/mol. The summed E-state index contributed by atoms with van der Waals surface area (Å²) in [6, 6.07) is 13.4. The van der Waals surface area contributed by atoms with Crippen LogP contribution < -0.4 is 10.2 Å². The molecule has 1 heterocycles. The highest BCUT2D eigenvalue weighted by molar-refractivity contribution is 6.33. The molecule has 30 heavy (non-hydrogen) atoms. The van der Waals surface area contributed by atoms with Gasteiger partial charge in [0.05, 0.1) is 23.8 Å². The molecule has 0 spiro atoms. The summed E-state index contributed by atoms with van der Waals surface area (Å²) >= 11 is 6.06. The minimum atomic E-state index is -0.265. The highest BCUT2D eigenvalue weighted by atomic mass is 35.5. The van der Waals surface area contributed by atoms with Gasteiger partial charge in [-0.15, -0.1) is 0 Å². The largest absolute Gasteiger partial charge is 0.369 e. The van der Waals surface area contributed by atoms with Gasteiger partial charge >= 0.3 is 0 Å². The summed E-state index contributed by atoms with van der Waals surface area (Å²) in [5, 5.41) is 3.22. The standard InChI is InChI=1S/C23H29ClN4O2/c1-17-7-6-10-21(18(17)2)28-13-11-27(12-14-28)16-23(30)26(3)15-22(29)25-20-9-5-4-8-19(20)24/h4-10H,11-16H2,1-3H3,(H,25,29). The highest BCUT2D eigenvalue weighted by Gasteiger charge is 2.22. The molecule has 2 amide bonds. The molecule has 0 bridgehead atoms. The van der Waals surface area contributed by atoms with Gasteiger partial charge in [-0.25, -0.2) is 0 Å². The van der Waals surface area contributed by atoms with Gasteiger partial charge in [-0.2, -0.15) is 0 Å². The lowest BCUT2D eigenvalue weighted by molar-refractivity contribution is -0.134. The third-order valence-electron chi connectivity index (χ3n) is 5.60. The second-order valence-corrected chi connectivity index (χ2v) is 8.17. The molecule has 6 nitrogen and oxygen atoms in total. The number of hydrogen-bond acceptors (Lipinski definition) is 4. The van der Waals surface area contributed by atoms with Crippen LogP contribution in [0.4, 0.5) is 11.4 Å². The number of carbonyl (C=O) groups excluding carboxylic acids is 2. The van der Waals surface area contributed by atoms with Crippen molar-refractivity contribution in [3.8, 4) is 0 Å². The van der Waals surface area contributed by atoms with Gasteiger partial charge in [0.15, 0.2) is 0 Å². The molecule has 0 radical (unpaired) electrons. The molecule has 1 fully saturated rings. The first-order valence-electron chi connectivity index (χ1n) is 10.2. The number of benzene rings is 2. The molecule has 3 rings (SSSR count). The molecule has 0 atom stereocenters. The van der Waals surface area contributed by atoms with E-state index in [1.807, 2.05) is 0 Å². The van der Waals surface area contributed by atoms with Gasteiger partial charge < -0.3 is 15.1 Å². The van der Waals surface area contributed by atoms with Crippen LogP contribution in [0.1, 0.15) is 11.1 Å². The Morgan fingerprint density at radius 1 is 1.03 bits per heavy atom. The van der Waals surface area contributed by atoms with Crippen molar-refractivity contribution in [1.82, 2.24) is 9.80 Å². The number of halogens is 1. The number of anilines is 2. The van der Waals surface area contributed by atoms with Gasteiger partial charge in [-0.1, -0.05) is 35.9 Å². The van der Waals surface area contributed by atoms with Crippen LogP contribution in [0.2, 0.25) is 5.02 Å². The molecule has 1 saturated heterocycles.